The largest absolute Gasteiger partial charge is 0.375 e. The Morgan fingerprint density at radius 2 is 1.95 bits per heavy atom. The Balaban J connectivity index is 2.05. The molecule has 1 N–H and O–H groups in total. The fourth-order valence-corrected chi connectivity index (χ4v) is 4.36. The summed E-state index contributed by atoms with van der Waals surface area (Å²) in [7, 11) is -3.35. The van der Waals surface area contributed by atoms with Crippen molar-refractivity contribution in [2.45, 2.75) is 62.3 Å². The lowest BCUT2D eigenvalue weighted by molar-refractivity contribution is -0.128. The Hall–Kier alpha value is -0.620. The molecule has 2 rings (SSSR count). The molecule has 2 fully saturated rings. The molecule has 2 aliphatic rings. The van der Waals surface area contributed by atoms with Crippen LogP contribution >= 0.6 is 0 Å². The van der Waals surface area contributed by atoms with Crippen LogP contribution in [-0.2, 0) is 19.4 Å². The molecule has 19 heavy (non-hydrogen) atoms. The Morgan fingerprint density at radius 1 is 1.32 bits per heavy atom. The zero-order chi connectivity index (χ0) is 14.3. The summed E-state index contributed by atoms with van der Waals surface area (Å²) < 4.78 is 28.2. The van der Waals surface area contributed by atoms with E-state index < -0.39 is 14.6 Å². The van der Waals surface area contributed by atoms with E-state index in [1.54, 1.807) is 0 Å². The van der Waals surface area contributed by atoms with Gasteiger partial charge in [0, 0.05) is 18.9 Å². The van der Waals surface area contributed by atoms with Gasteiger partial charge >= 0.3 is 0 Å². The van der Waals surface area contributed by atoms with Crippen molar-refractivity contribution in [3.63, 3.8) is 0 Å². The number of ether oxygens (including phenoxy) is 1. The molecular weight excluding hydrogens is 266 g/mol. The molecule has 110 valence electrons. The Kier molecular flexibility index (Phi) is 3.68. The van der Waals surface area contributed by atoms with E-state index in [0.29, 0.717) is 19.4 Å². The van der Waals surface area contributed by atoms with Crippen molar-refractivity contribution < 1.29 is 17.9 Å². The first-order valence-corrected chi connectivity index (χ1v) is 8.70. The Bertz CT molecular complexity index is 465. The third kappa shape index (κ3) is 2.79. The maximum Gasteiger partial charge on any atom is 0.241 e. The summed E-state index contributed by atoms with van der Waals surface area (Å²) in [5, 5.41) is 2.93. The van der Waals surface area contributed by atoms with E-state index in [4.69, 9.17) is 4.74 Å². The molecule has 1 aliphatic carbocycles. The SMILES string of the molecule is CC1(C)CC(NC(=O)C2(S(C)(=O)=O)CCC2)CCO1. The zero-order valence-corrected chi connectivity index (χ0v) is 12.7. The van der Waals surface area contributed by atoms with Crippen LogP contribution in [0, 0.1) is 0 Å². The lowest BCUT2D eigenvalue weighted by Crippen LogP contribution is -2.59. The minimum Gasteiger partial charge on any atom is -0.375 e. The van der Waals surface area contributed by atoms with Crippen molar-refractivity contribution in [1.29, 1.82) is 0 Å². The lowest BCUT2D eigenvalue weighted by atomic mass is 9.82. The molecule has 0 bridgehead atoms. The molecule has 1 unspecified atom stereocenters. The number of rotatable bonds is 3. The molecule has 6 heteroatoms. The standard InChI is InChI=1S/C13H23NO4S/c1-12(2)9-10(5-8-18-12)14-11(15)13(6-4-7-13)19(3,16)17/h10H,4-9H2,1-3H3,(H,14,15). The Morgan fingerprint density at radius 3 is 2.37 bits per heavy atom. The van der Waals surface area contributed by atoms with E-state index in [9.17, 15) is 13.2 Å². The predicted molar refractivity (Wildman–Crippen MR) is 72.6 cm³/mol. The maximum atomic E-state index is 12.3. The molecule has 5 nitrogen and oxygen atoms in total. The van der Waals surface area contributed by atoms with Crippen molar-refractivity contribution in [3.05, 3.63) is 0 Å². The summed E-state index contributed by atoms with van der Waals surface area (Å²) in [6.45, 7) is 4.58. The highest BCUT2D eigenvalue weighted by Crippen LogP contribution is 2.39. The Labute approximate surface area is 115 Å². The lowest BCUT2D eigenvalue weighted by Gasteiger charge is -2.41. The van der Waals surface area contributed by atoms with Crippen molar-refractivity contribution in [1.82, 2.24) is 5.32 Å². The summed E-state index contributed by atoms with van der Waals surface area (Å²) in [4.78, 5) is 12.3. The summed E-state index contributed by atoms with van der Waals surface area (Å²) in [5.41, 5.74) is -0.256. The number of hydrogen-bond acceptors (Lipinski definition) is 4. The molecule has 1 aliphatic heterocycles. The summed E-state index contributed by atoms with van der Waals surface area (Å²) in [6.07, 6.45) is 4.33. The summed E-state index contributed by atoms with van der Waals surface area (Å²) in [6, 6.07) is 0.00970. The first kappa shape index (κ1) is 14.8. The van der Waals surface area contributed by atoms with E-state index in [0.717, 1.165) is 19.3 Å². The van der Waals surface area contributed by atoms with Crippen LogP contribution in [0.5, 0.6) is 0 Å². The normalized spacial score (nSPS) is 29.3. The van der Waals surface area contributed by atoms with Crippen LogP contribution in [0.3, 0.4) is 0 Å². The van der Waals surface area contributed by atoms with E-state index >= 15 is 0 Å². The molecule has 0 spiro atoms. The molecule has 1 saturated carbocycles. The third-order valence-electron chi connectivity index (χ3n) is 4.32. The molecule has 1 saturated heterocycles. The van der Waals surface area contributed by atoms with E-state index in [1.165, 1.54) is 6.26 Å². The van der Waals surface area contributed by atoms with Crippen LogP contribution in [0.2, 0.25) is 0 Å². The number of carbonyl (C=O) groups is 1. The fraction of sp³-hybridized carbons (Fsp3) is 0.923. The third-order valence-corrected chi connectivity index (χ3v) is 6.33. The average Bonchev–Trinajstić information content (AvgIpc) is 2.10. The monoisotopic (exact) mass is 289 g/mol. The summed E-state index contributed by atoms with van der Waals surface area (Å²) >= 11 is 0. The number of amides is 1. The second-order valence-electron chi connectivity index (χ2n) is 6.39. The first-order valence-electron chi connectivity index (χ1n) is 6.81. The van der Waals surface area contributed by atoms with Gasteiger partial charge < -0.3 is 10.1 Å². The zero-order valence-electron chi connectivity index (χ0n) is 11.9. The molecule has 0 aromatic rings. The molecule has 0 radical (unpaired) electrons. The number of sulfone groups is 1. The quantitative estimate of drug-likeness (QED) is 0.842. The van der Waals surface area contributed by atoms with Crippen LogP contribution < -0.4 is 5.32 Å². The molecule has 0 aromatic heterocycles. The second kappa shape index (κ2) is 4.74. The van der Waals surface area contributed by atoms with E-state index in [2.05, 4.69) is 5.32 Å². The minimum atomic E-state index is -3.35. The molecular formula is C13H23NO4S. The number of carbonyl (C=O) groups excluding carboxylic acids is 1. The predicted octanol–water partition coefficient (Wildman–Crippen LogP) is 1.03. The number of nitrogens with one attached hydrogen (secondary N) is 1. The topological polar surface area (TPSA) is 72.5 Å². The highest BCUT2D eigenvalue weighted by molar-refractivity contribution is 7.93. The number of hydrogen-bond donors (Lipinski definition) is 1. The van der Waals surface area contributed by atoms with Gasteiger partial charge in [-0.2, -0.15) is 0 Å². The van der Waals surface area contributed by atoms with Gasteiger partial charge in [0.25, 0.3) is 0 Å². The van der Waals surface area contributed by atoms with Crippen molar-refractivity contribution >= 4 is 15.7 Å². The van der Waals surface area contributed by atoms with Crippen molar-refractivity contribution in [2.24, 2.45) is 0 Å². The first-order chi connectivity index (χ1) is 8.66. The van der Waals surface area contributed by atoms with Gasteiger partial charge in [-0.15, -0.1) is 0 Å². The van der Waals surface area contributed by atoms with Gasteiger partial charge in [0.1, 0.15) is 4.75 Å². The summed E-state index contributed by atoms with van der Waals surface area (Å²) in [5.74, 6) is -0.316. The van der Waals surface area contributed by atoms with Crippen LogP contribution in [0.1, 0.15) is 46.0 Å². The van der Waals surface area contributed by atoms with Gasteiger partial charge in [-0.05, 0) is 46.0 Å². The minimum absolute atomic E-state index is 0.00970. The molecule has 1 atom stereocenters. The van der Waals surface area contributed by atoms with Gasteiger partial charge in [0.2, 0.25) is 5.91 Å². The highest BCUT2D eigenvalue weighted by Gasteiger charge is 2.53. The van der Waals surface area contributed by atoms with E-state index in [-0.39, 0.29) is 17.6 Å². The van der Waals surface area contributed by atoms with Gasteiger partial charge in [-0.25, -0.2) is 8.42 Å². The fourth-order valence-electron chi connectivity index (χ4n) is 2.94. The average molecular weight is 289 g/mol. The van der Waals surface area contributed by atoms with Crippen LogP contribution in [0.25, 0.3) is 0 Å². The highest BCUT2D eigenvalue weighted by atomic mass is 32.2. The van der Waals surface area contributed by atoms with Crippen LogP contribution in [0.15, 0.2) is 0 Å². The second-order valence-corrected chi connectivity index (χ2v) is 8.72. The van der Waals surface area contributed by atoms with Gasteiger partial charge in [-0.1, -0.05) is 0 Å². The smallest absolute Gasteiger partial charge is 0.241 e. The van der Waals surface area contributed by atoms with Gasteiger partial charge in [0.15, 0.2) is 9.84 Å². The van der Waals surface area contributed by atoms with Gasteiger partial charge in [-0.3, -0.25) is 4.79 Å². The molecule has 1 heterocycles. The van der Waals surface area contributed by atoms with Crippen LogP contribution in [-0.4, -0.2) is 43.6 Å². The van der Waals surface area contributed by atoms with E-state index in [1.807, 2.05) is 13.8 Å². The van der Waals surface area contributed by atoms with Crippen LogP contribution in [0.4, 0.5) is 0 Å². The maximum absolute atomic E-state index is 12.3. The van der Waals surface area contributed by atoms with Crippen molar-refractivity contribution in [3.8, 4) is 0 Å². The van der Waals surface area contributed by atoms with Crippen molar-refractivity contribution in [2.75, 3.05) is 12.9 Å². The molecule has 1 amide bonds. The molecule has 0 aromatic carbocycles. The van der Waals surface area contributed by atoms with Gasteiger partial charge in [0.05, 0.1) is 5.60 Å².